The molecule has 14 rings (SSSR count). The molecule has 14 aromatic rings. The fourth-order valence-electron chi connectivity index (χ4n) is 10.1. The number of hydrogen-bond donors (Lipinski definition) is 0. The van der Waals surface area contributed by atoms with Gasteiger partial charge < -0.3 is 8.83 Å². The van der Waals surface area contributed by atoms with Gasteiger partial charge in [-0.2, -0.15) is 0 Å². The van der Waals surface area contributed by atoms with E-state index in [2.05, 4.69) is 187 Å². The molecule has 0 aliphatic carbocycles. The van der Waals surface area contributed by atoms with Crippen molar-refractivity contribution in [1.29, 1.82) is 0 Å². The number of aromatic nitrogens is 3. The van der Waals surface area contributed by atoms with Crippen LogP contribution >= 0.6 is 0 Å². The van der Waals surface area contributed by atoms with Crippen LogP contribution in [0.25, 0.3) is 138 Å². The summed E-state index contributed by atoms with van der Waals surface area (Å²) in [4.78, 5) is 11.7. The van der Waals surface area contributed by atoms with Gasteiger partial charge in [0.15, 0.2) is 5.82 Å². The van der Waals surface area contributed by atoms with Gasteiger partial charge in [0.1, 0.15) is 28.0 Å². The molecule has 0 fully saturated rings. The average molecular weight is 804 g/mol. The highest BCUT2D eigenvalue weighted by molar-refractivity contribution is 6.31. The van der Waals surface area contributed by atoms with Gasteiger partial charge in [-0.15, -0.1) is 0 Å². The van der Waals surface area contributed by atoms with E-state index in [1.807, 2.05) is 18.2 Å². The predicted molar refractivity (Wildman–Crippen MR) is 260 cm³/mol. The molecule has 292 valence electrons. The van der Waals surface area contributed by atoms with E-state index in [9.17, 15) is 0 Å². The topological polar surface area (TPSA) is 57.0 Å². The first-order valence-electron chi connectivity index (χ1n) is 21.3. The molecule has 5 heteroatoms. The van der Waals surface area contributed by atoms with Crippen molar-refractivity contribution in [3.63, 3.8) is 0 Å². The van der Waals surface area contributed by atoms with Crippen LogP contribution in [0.1, 0.15) is 0 Å². The van der Waals surface area contributed by atoms with Crippen LogP contribution in [0.5, 0.6) is 0 Å². The highest BCUT2D eigenvalue weighted by Gasteiger charge is 2.25. The van der Waals surface area contributed by atoms with E-state index in [1.165, 1.54) is 10.8 Å². The van der Waals surface area contributed by atoms with E-state index >= 15 is 0 Å². The molecule has 0 saturated heterocycles. The number of fused-ring (bicyclic) bond motifs is 15. The molecule has 0 atom stereocenters. The molecule has 0 amide bonds. The number of nitrogens with zero attached hydrogens (tertiary/aromatic N) is 3. The minimum absolute atomic E-state index is 0.747. The molecular formula is C58H33N3O2. The van der Waals surface area contributed by atoms with Crippen LogP contribution in [0.15, 0.2) is 209 Å². The molecule has 4 heterocycles. The van der Waals surface area contributed by atoms with Crippen LogP contribution in [-0.2, 0) is 0 Å². The Morgan fingerprint density at radius 1 is 0.349 bits per heavy atom. The first kappa shape index (κ1) is 34.2. The van der Waals surface area contributed by atoms with Crippen LogP contribution in [0.2, 0.25) is 0 Å². The Bertz CT molecular complexity index is 4200. The zero-order valence-electron chi connectivity index (χ0n) is 33.7. The predicted octanol–water partition coefficient (Wildman–Crippen LogP) is 15.8. The second-order valence-electron chi connectivity index (χ2n) is 16.4. The summed E-state index contributed by atoms with van der Waals surface area (Å²) in [5, 5.41) is 11.2. The molecule has 0 radical (unpaired) electrons. The SMILES string of the molecule is c1ccc(-c2ccc(-c3ccccc3)c3nc(-n4c5ccc6ccccc6c5c5c6ccc7c8ccccc8oc7c6ccc54)c(-c4ccc5oc6ccccc6c5c4)nc23)cc1. The summed E-state index contributed by atoms with van der Waals surface area (Å²) in [6.45, 7) is 0. The maximum absolute atomic E-state index is 6.66. The van der Waals surface area contributed by atoms with Crippen molar-refractivity contribution in [2.75, 3.05) is 0 Å². The van der Waals surface area contributed by atoms with Gasteiger partial charge in [-0.25, -0.2) is 9.97 Å². The van der Waals surface area contributed by atoms with E-state index in [-0.39, 0.29) is 0 Å². The Morgan fingerprint density at radius 2 is 0.889 bits per heavy atom. The zero-order valence-corrected chi connectivity index (χ0v) is 33.7. The minimum atomic E-state index is 0.747. The van der Waals surface area contributed by atoms with Crippen molar-refractivity contribution in [2.24, 2.45) is 0 Å². The van der Waals surface area contributed by atoms with Gasteiger partial charge in [0.05, 0.1) is 22.1 Å². The maximum Gasteiger partial charge on any atom is 0.165 e. The molecule has 0 spiro atoms. The monoisotopic (exact) mass is 803 g/mol. The number of furan rings is 2. The van der Waals surface area contributed by atoms with Gasteiger partial charge in [-0.05, 0) is 81.9 Å². The molecule has 63 heavy (non-hydrogen) atoms. The van der Waals surface area contributed by atoms with E-state index in [1.54, 1.807) is 0 Å². The summed E-state index contributed by atoms with van der Waals surface area (Å²) in [5.74, 6) is 0.747. The molecule has 5 nitrogen and oxygen atoms in total. The van der Waals surface area contributed by atoms with Gasteiger partial charge in [0, 0.05) is 54.4 Å². The van der Waals surface area contributed by atoms with Crippen molar-refractivity contribution in [1.82, 2.24) is 14.5 Å². The summed E-state index contributed by atoms with van der Waals surface area (Å²) in [7, 11) is 0. The van der Waals surface area contributed by atoms with Crippen LogP contribution in [0.3, 0.4) is 0 Å². The van der Waals surface area contributed by atoms with Crippen molar-refractivity contribution >= 4 is 98.3 Å². The summed E-state index contributed by atoms with van der Waals surface area (Å²) in [5.41, 5.74) is 13.1. The highest BCUT2D eigenvalue weighted by atomic mass is 16.3. The Hall–Kier alpha value is -8.54. The molecule has 0 unspecified atom stereocenters. The van der Waals surface area contributed by atoms with Crippen molar-refractivity contribution in [3.8, 4) is 39.3 Å². The van der Waals surface area contributed by atoms with Gasteiger partial charge in [0.25, 0.3) is 0 Å². The van der Waals surface area contributed by atoms with E-state index in [4.69, 9.17) is 18.8 Å². The third-order valence-electron chi connectivity index (χ3n) is 13.0. The summed E-state index contributed by atoms with van der Waals surface area (Å²) in [6, 6.07) is 70.6. The standard InChI is InChI=1S/C58H33N3O2/c1-3-13-34(14-4-1)39-25-26-40(35-15-5-2-6-16-35)56-55(39)59-54(37-24-32-51-46(33-37)42-20-10-11-21-49(42)62-51)58(60-56)61-47-30-23-36-17-7-8-18-38(36)52(47)53-43-27-28-44-41-19-9-12-22-50(41)63-57(44)45(43)29-31-48(53)61/h1-33H. The first-order chi connectivity index (χ1) is 31.2. The van der Waals surface area contributed by atoms with Crippen molar-refractivity contribution in [3.05, 3.63) is 200 Å². The lowest BCUT2D eigenvalue weighted by atomic mass is 9.97. The second kappa shape index (κ2) is 13.0. The van der Waals surface area contributed by atoms with Gasteiger partial charge >= 0.3 is 0 Å². The third-order valence-corrected chi connectivity index (χ3v) is 13.0. The van der Waals surface area contributed by atoms with Crippen molar-refractivity contribution in [2.45, 2.75) is 0 Å². The Kier molecular flexibility index (Phi) is 7.05. The highest BCUT2D eigenvalue weighted by Crippen LogP contribution is 2.46. The lowest BCUT2D eigenvalue weighted by Crippen LogP contribution is -2.05. The lowest BCUT2D eigenvalue weighted by molar-refractivity contribution is 0.669. The fraction of sp³-hybridized carbons (Fsp3) is 0. The molecule has 4 aromatic heterocycles. The number of rotatable bonds is 4. The Labute approximate surface area is 359 Å². The molecule has 0 N–H and O–H groups in total. The molecule has 0 aliphatic heterocycles. The quantitative estimate of drug-likeness (QED) is 0.178. The second-order valence-corrected chi connectivity index (χ2v) is 16.4. The van der Waals surface area contributed by atoms with Crippen molar-refractivity contribution < 1.29 is 8.83 Å². The van der Waals surface area contributed by atoms with Crippen LogP contribution in [0, 0.1) is 0 Å². The Balaban J connectivity index is 1.17. The van der Waals surface area contributed by atoms with Crippen LogP contribution in [0.4, 0.5) is 0 Å². The molecular weight excluding hydrogens is 771 g/mol. The van der Waals surface area contributed by atoms with E-state index in [0.29, 0.717) is 0 Å². The fourth-order valence-corrected chi connectivity index (χ4v) is 10.1. The molecule has 0 saturated carbocycles. The average Bonchev–Trinajstić information content (AvgIpc) is 4.03. The van der Waals surface area contributed by atoms with Gasteiger partial charge in [-0.1, -0.05) is 146 Å². The van der Waals surface area contributed by atoms with Gasteiger partial charge in [-0.3, -0.25) is 4.57 Å². The smallest absolute Gasteiger partial charge is 0.165 e. The normalized spacial score (nSPS) is 12.1. The van der Waals surface area contributed by atoms with Crippen LogP contribution in [-0.4, -0.2) is 14.5 Å². The summed E-state index contributed by atoms with van der Waals surface area (Å²) in [6.07, 6.45) is 0. The minimum Gasteiger partial charge on any atom is -0.456 e. The zero-order chi connectivity index (χ0) is 41.2. The largest absolute Gasteiger partial charge is 0.456 e. The Morgan fingerprint density at radius 3 is 1.63 bits per heavy atom. The van der Waals surface area contributed by atoms with Gasteiger partial charge in [0.2, 0.25) is 0 Å². The van der Waals surface area contributed by atoms with Crippen LogP contribution < -0.4 is 0 Å². The third kappa shape index (κ3) is 4.93. The number of para-hydroxylation sites is 2. The lowest BCUT2D eigenvalue weighted by Gasteiger charge is -2.17. The number of benzene rings is 10. The van der Waals surface area contributed by atoms with E-state index < -0.39 is 0 Å². The van der Waals surface area contributed by atoms with E-state index in [0.717, 1.165) is 127 Å². The summed E-state index contributed by atoms with van der Waals surface area (Å²) >= 11 is 0. The molecule has 0 bridgehead atoms. The maximum atomic E-state index is 6.66. The first-order valence-corrected chi connectivity index (χ1v) is 21.3. The summed E-state index contributed by atoms with van der Waals surface area (Å²) < 4.78 is 15.4. The molecule has 0 aliphatic rings. The number of hydrogen-bond acceptors (Lipinski definition) is 4. The molecule has 10 aromatic carbocycles.